The molecule has 0 bridgehead atoms. The highest BCUT2D eigenvalue weighted by Crippen LogP contribution is 2.22. The van der Waals surface area contributed by atoms with Gasteiger partial charge in [-0.05, 0) is 74.6 Å². The maximum atomic E-state index is 12.7. The largest absolute Gasteiger partial charge is 0.352 e. The Morgan fingerprint density at radius 3 is 2.19 bits per heavy atom. The number of piperidine rings is 2. The summed E-state index contributed by atoms with van der Waals surface area (Å²) in [5.41, 5.74) is 3.70. The molecule has 0 unspecified atom stereocenters. The van der Waals surface area contributed by atoms with E-state index in [9.17, 15) is 4.79 Å². The van der Waals surface area contributed by atoms with E-state index in [4.69, 9.17) is 11.6 Å². The fourth-order valence-electron chi connectivity index (χ4n) is 4.69. The monoisotopic (exact) mass is 439 g/mol. The van der Waals surface area contributed by atoms with Crippen molar-refractivity contribution in [3.8, 4) is 0 Å². The predicted molar refractivity (Wildman–Crippen MR) is 127 cm³/mol. The van der Waals surface area contributed by atoms with Crippen LogP contribution in [0.2, 0.25) is 5.02 Å². The second kappa shape index (κ2) is 11.1. The number of halogens is 1. The van der Waals surface area contributed by atoms with Crippen molar-refractivity contribution in [1.82, 2.24) is 15.1 Å². The number of hydrogen-bond acceptors (Lipinski definition) is 3. The SMILES string of the molecule is O=C(NCc1ccc(CN2CCCCC2)cc1)C1CCN(Cc2ccccc2Cl)CC1. The molecule has 0 spiro atoms. The molecule has 4 rings (SSSR count). The Hall–Kier alpha value is -1.88. The molecule has 4 nitrogen and oxygen atoms in total. The summed E-state index contributed by atoms with van der Waals surface area (Å²) in [6.07, 6.45) is 5.83. The van der Waals surface area contributed by atoms with E-state index in [2.05, 4.69) is 45.4 Å². The average Bonchev–Trinajstić information content (AvgIpc) is 2.81. The molecule has 2 saturated heterocycles. The molecule has 0 atom stereocenters. The van der Waals surface area contributed by atoms with Crippen LogP contribution in [0.5, 0.6) is 0 Å². The number of nitrogens with zero attached hydrogens (tertiary/aromatic N) is 2. The molecule has 2 aliphatic rings. The lowest BCUT2D eigenvalue weighted by molar-refractivity contribution is -0.126. The Balaban J connectivity index is 1.18. The number of carbonyl (C=O) groups excluding carboxylic acids is 1. The van der Waals surface area contributed by atoms with E-state index in [1.54, 1.807) is 0 Å². The zero-order chi connectivity index (χ0) is 21.5. The van der Waals surface area contributed by atoms with E-state index < -0.39 is 0 Å². The van der Waals surface area contributed by atoms with E-state index in [1.165, 1.54) is 43.5 Å². The zero-order valence-electron chi connectivity index (χ0n) is 18.4. The summed E-state index contributed by atoms with van der Waals surface area (Å²) in [4.78, 5) is 17.6. The van der Waals surface area contributed by atoms with Gasteiger partial charge >= 0.3 is 0 Å². The maximum absolute atomic E-state index is 12.7. The minimum absolute atomic E-state index is 0.112. The van der Waals surface area contributed by atoms with Crippen molar-refractivity contribution in [2.45, 2.75) is 51.7 Å². The minimum atomic E-state index is 0.112. The standard InChI is InChI=1S/C26H34ClN3O/c27-25-7-3-2-6-24(25)20-30-16-12-23(13-17-30)26(31)28-18-21-8-10-22(11-9-21)19-29-14-4-1-5-15-29/h2-3,6-11,23H,1,4-5,12-20H2,(H,28,31). The number of likely N-dealkylation sites (tertiary alicyclic amines) is 2. The Morgan fingerprint density at radius 2 is 1.48 bits per heavy atom. The molecule has 1 amide bonds. The maximum Gasteiger partial charge on any atom is 0.223 e. The number of amides is 1. The molecule has 2 aromatic carbocycles. The third kappa shape index (κ3) is 6.55. The van der Waals surface area contributed by atoms with Crippen LogP contribution in [0, 0.1) is 5.92 Å². The van der Waals surface area contributed by atoms with E-state index >= 15 is 0 Å². The van der Waals surface area contributed by atoms with Crippen molar-refractivity contribution >= 4 is 17.5 Å². The van der Waals surface area contributed by atoms with Crippen LogP contribution in [-0.2, 0) is 24.4 Å². The molecular formula is C26H34ClN3O. The Labute approximate surface area is 191 Å². The molecule has 31 heavy (non-hydrogen) atoms. The predicted octanol–water partition coefficient (Wildman–Crippen LogP) is 4.85. The Morgan fingerprint density at radius 1 is 0.839 bits per heavy atom. The summed E-state index contributed by atoms with van der Waals surface area (Å²) in [6, 6.07) is 16.8. The third-order valence-electron chi connectivity index (χ3n) is 6.65. The molecule has 2 fully saturated rings. The fraction of sp³-hybridized carbons (Fsp3) is 0.500. The van der Waals surface area contributed by atoms with Crippen LogP contribution in [0.15, 0.2) is 48.5 Å². The molecule has 0 aliphatic carbocycles. The van der Waals surface area contributed by atoms with Gasteiger partial charge in [-0.2, -0.15) is 0 Å². The Kier molecular flexibility index (Phi) is 8.01. The van der Waals surface area contributed by atoms with Crippen LogP contribution in [0.1, 0.15) is 48.8 Å². The van der Waals surface area contributed by atoms with E-state index in [1.807, 2.05) is 18.2 Å². The fourth-order valence-corrected chi connectivity index (χ4v) is 4.89. The molecule has 2 aromatic rings. The first-order valence-corrected chi connectivity index (χ1v) is 12.1. The number of nitrogens with one attached hydrogen (secondary N) is 1. The van der Waals surface area contributed by atoms with Crippen molar-refractivity contribution in [3.63, 3.8) is 0 Å². The molecular weight excluding hydrogens is 406 g/mol. The van der Waals surface area contributed by atoms with Gasteiger partial charge in [-0.25, -0.2) is 0 Å². The first-order valence-electron chi connectivity index (χ1n) is 11.7. The molecule has 0 radical (unpaired) electrons. The minimum Gasteiger partial charge on any atom is -0.352 e. The lowest BCUT2D eigenvalue weighted by atomic mass is 9.95. The van der Waals surface area contributed by atoms with E-state index in [0.29, 0.717) is 6.54 Å². The lowest BCUT2D eigenvalue weighted by Crippen LogP contribution is -2.40. The first-order chi connectivity index (χ1) is 15.2. The number of rotatable bonds is 7. The molecule has 5 heteroatoms. The quantitative estimate of drug-likeness (QED) is 0.669. The highest BCUT2D eigenvalue weighted by Gasteiger charge is 2.25. The third-order valence-corrected chi connectivity index (χ3v) is 7.02. The highest BCUT2D eigenvalue weighted by molar-refractivity contribution is 6.31. The second-order valence-corrected chi connectivity index (χ2v) is 9.42. The van der Waals surface area contributed by atoms with Crippen molar-refractivity contribution in [2.24, 2.45) is 5.92 Å². The van der Waals surface area contributed by atoms with Gasteiger partial charge in [-0.15, -0.1) is 0 Å². The van der Waals surface area contributed by atoms with Gasteiger partial charge in [0.25, 0.3) is 0 Å². The summed E-state index contributed by atoms with van der Waals surface area (Å²) < 4.78 is 0. The topological polar surface area (TPSA) is 35.6 Å². The van der Waals surface area contributed by atoms with Gasteiger partial charge < -0.3 is 5.32 Å². The van der Waals surface area contributed by atoms with Gasteiger partial charge in [0.2, 0.25) is 5.91 Å². The van der Waals surface area contributed by atoms with Crippen molar-refractivity contribution < 1.29 is 4.79 Å². The Bertz CT molecular complexity index is 840. The summed E-state index contributed by atoms with van der Waals surface area (Å²) in [5.74, 6) is 0.302. The van der Waals surface area contributed by atoms with Crippen LogP contribution in [0.25, 0.3) is 0 Å². The zero-order valence-corrected chi connectivity index (χ0v) is 19.1. The van der Waals surface area contributed by atoms with Gasteiger partial charge in [0, 0.05) is 30.6 Å². The highest BCUT2D eigenvalue weighted by atomic mass is 35.5. The van der Waals surface area contributed by atoms with Crippen molar-refractivity contribution in [2.75, 3.05) is 26.2 Å². The molecule has 2 aliphatic heterocycles. The van der Waals surface area contributed by atoms with Crippen LogP contribution in [-0.4, -0.2) is 41.9 Å². The summed E-state index contributed by atoms with van der Waals surface area (Å²) in [7, 11) is 0. The first kappa shape index (κ1) is 22.3. The molecule has 166 valence electrons. The molecule has 2 heterocycles. The lowest BCUT2D eigenvalue weighted by Gasteiger charge is -2.31. The number of carbonyl (C=O) groups is 1. The van der Waals surface area contributed by atoms with Gasteiger partial charge in [0.1, 0.15) is 0 Å². The summed E-state index contributed by atoms with van der Waals surface area (Å²) in [5, 5.41) is 3.98. The van der Waals surface area contributed by atoms with Gasteiger partial charge in [0.15, 0.2) is 0 Å². The smallest absolute Gasteiger partial charge is 0.223 e. The van der Waals surface area contributed by atoms with Crippen molar-refractivity contribution in [1.29, 1.82) is 0 Å². The number of benzene rings is 2. The van der Waals surface area contributed by atoms with Crippen LogP contribution in [0.4, 0.5) is 0 Å². The van der Waals surface area contributed by atoms with E-state index in [0.717, 1.165) is 49.6 Å². The number of hydrogen-bond donors (Lipinski definition) is 1. The molecule has 1 N–H and O–H groups in total. The van der Waals surface area contributed by atoms with Crippen LogP contribution < -0.4 is 5.32 Å². The normalized spacial score (nSPS) is 18.7. The van der Waals surface area contributed by atoms with Gasteiger partial charge in [-0.1, -0.05) is 60.5 Å². The van der Waals surface area contributed by atoms with Crippen LogP contribution in [0.3, 0.4) is 0 Å². The van der Waals surface area contributed by atoms with Gasteiger partial charge in [0.05, 0.1) is 0 Å². The van der Waals surface area contributed by atoms with Crippen molar-refractivity contribution in [3.05, 3.63) is 70.2 Å². The average molecular weight is 440 g/mol. The van der Waals surface area contributed by atoms with Gasteiger partial charge in [-0.3, -0.25) is 14.6 Å². The summed E-state index contributed by atoms with van der Waals surface area (Å²) >= 11 is 6.29. The van der Waals surface area contributed by atoms with E-state index in [-0.39, 0.29) is 11.8 Å². The molecule has 0 saturated carbocycles. The summed E-state index contributed by atoms with van der Waals surface area (Å²) in [6.45, 7) is 6.83. The van der Waals surface area contributed by atoms with Crippen LogP contribution >= 0.6 is 11.6 Å². The molecule has 0 aromatic heterocycles. The second-order valence-electron chi connectivity index (χ2n) is 9.01.